The Balaban J connectivity index is 1.43. The number of amides is 1. The van der Waals surface area contributed by atoms with E-state index in [-0.39, 0.29) is 28.9 Å². The molecule has 2 aliphatic heterocycles. The van der Waals surface area contributed by atoms with Gasteiger partial charge in [-0.2, -0.15) is 0 Å². The highest BCUT2D eigenvalue weighted by molar-refractivity contribution is 6.03. The minimum Gasteiger partial charge on any atom is -0.507 e. The van der Waals surface area contributed by atoms with Gasteiger partial charge in [0.25, 0.3) is 5.91 Å². The van der Waals surface area contributed by atoms with Gasteiger partial charge in [-0.25, -0.2) is 0 Å². The van der Waals surface area contributed by atoms with Crippen molar-refractivity contribution in [1.29, 1.82) is 0 Å². The van der Waals surface area contributed by atoms with E-state index in [1.165, 1.54) is 6.07 Å². The molecule has 2 aliphatic rings. The van der Waals surface area contributed by atoms with Crippen molar-refractivity contribution in [3.05, 3.63) is 77.5 Å². The molecule has 0 spiro atoms. The minimum atomic E-state index is -0.183. The van der Waals surface area contributed by atoms with E-state index >= 15 is 0 Å². The molecule has 40 heavy (non-hydrogen) atoms. The summed E-state index contributed by atoms with van der Waals surface area (Å²) >= 11 is 0. The average Bonchev–Trinajstić information content (AvgIpc) is 3.66. The largest absolute Gasteiger partial charge is 0.507 e. The molecule has 4 aromatic rings. The lowest BCUT2D eigenvalue weighted by Crippen LogP contribution is -2.35. The number of benzene rings is 3. The summed E-state index contributed by atoms with van der Waals surface area (Å²) < 4.78 is 11.3. The van der Waals surface area contributed by atoms with Crippen LogP contribution in [0.25, 0.3) is 33.6 Å². The number of phenols is 2. The molecule has 3 aromatic carbocycles. The van der Waals surface area contributed by atoms with Gasteiger partial charge in [-0.15, -0.1) is 0 Å². The molecule has 1 aromatic heterocycles. The molecule has 8 nitrogen and oxygen atoms in total. The lowest BCUT2D eigenvalue weighted by molar-refractivity contribution is 0.0342. The van der Waals surface area contributed by atoms with E-state index in [4.69, 9.17) is 9.26 Å². The Morgan fingerprint density at radius 2 is 1.50 bits per heavy atom. The standard InChI is InChI=1S/C32H33N3O5/c1-21-4-8-23(9-5-21)25-18-26(28(37)19-27(25)36)31-29(30(33-40-31)32(38)35-12-2-3-13-35)24-10-6-22(7-11-24)20-34-14-16-39-17-15-34/h4-11,18-19,36-37H,2-3,12-17,20H2,1H3. The summed E-state index contributed by atoms with van der Waals surface area (Å²) in [5.41, 5.74) is 5.48. The van der Waals surface area contributed by atoms with Crippen molar-refractivity contribution in [2.75, 3.05) is 39.4 Å². The number of aromatic nitrogens is 1. The zero-order chi connectivity index (χ0) is 27.6. The highest BCUT2D eigenvalue weighted by Crippen LogP contribution is 2.44. The molecule has 0 unspecified atom stereocenters. The number of carbonyl (C=O) groups is 1. The van der Waals surface area contributed by atoms with Gasteiger partial charge in [0.15, 0.2) is 11.5 Å². The van der Waals surface area contributed by atoms with E-state index < -0.39 is 0 Å². The second kappa shape index (κ2) is 11.2. The highest BCUT2D eigenvalue weighted by Gasteiger charge is 2.30. The average molecular weight is 540 g/mol. The Kier molecular flexibility index (Phi) is 7.28. The van der Waals surface area contributed by atoms with E-state index in [9.17, 15) is 15.0 Å². The second-order valence-corrected chi connectivity index (χ2v) is 10.6. The summed E-state index contributed by atoms with van der Waals surface area (Å²) in [6.07, 6.45) is 1.92. The smallest absolute Gasteiger partial charge is 0.276 e. The quantitative estimate of drug-likeness (QED) is 0.336. The van der Waals surface area contributed by atoms with Crippen LogP contribution in [0, 0.1) is 6.92 Å². The molecule has 3 heterocycles. The fraction of sp³-hybridized carbons (Fsp3) is 0.312. The zero-order valence-electron chi connectivity index (χ0n) is 22.6. The van der Waals surface area contributed by atoms with Crippen molar-refractivity contribution >= 4 is 5.91 Å². The van der Waals surface area contributed by atoms with Gasteiger partial charge in [-0.3, -0.25) is 9.69 Å². The fourth-order valence-corrected chi connectivity index (χ4v) is 5.48. The van der Waals surface area contributed by atoms with Crippen molar-refractivity contribution in [3.63, 3.8) is 0 Å². The van der Waals surface area contributed by atoms with E-state index in [1.807, 2.05) is 43.3 Å². The van der Waals surface area contributed by atoms with E-state index in [0.29, 0.717) is 29.8 Å². The third kappa shape index (κ3) is 5.20. The van der Waals surface area contributed by atoms with Crippen LogP contribution in [0.3, 0.4) is 0 Å². The summed E-state index contributed by atoms with van der Waals surface area (Å²) in [6.45, 7) is 7.46. The van der Waals surface area contributed by atoms with Gasteiger partial charge in [0.1, 0.15) is 11.5 Å². The number of likely N-dealkylation sites (tertiary alicyclic amines) is 1. The normalized spacial score (nSPS) is 16.0. The fourth-order valence-electron chi connectivity index (χ4n) is 5.48. The number of phenolic OH excluding ortho intramolecular Hbond substituents is 2. The van der Waals surface area contributed by atoms with Gasteiger partial charge >= 0.3 is 0 Å². The summed E-state index contributed by atoms with van der Waals surface area (Å²) in [5.74, 6) is -0.104. The number of nitrogens with zero attached hydrogens (tertiary/aromatic N) is 3. The molecule has 2 saturated heterocycles. The van der Waals surface area contributed by atoms with Crippen molar-refractivity contribution in [2.45, 2.75) is 26.3 Å². The molecule has 2 fully saturated rings. The lowest BCUT2D eigenvalue weighted by atomic mass is 9.94. The summed E-state index contributed by atoms with van der Waals surface area (Å²) in [4.78, 5) is 17.7. The molecule has 0 bridgehead atoms. The predicted octanol–water partition coefficient (Wildman–Crippen LogP) is 5.46. The first-order chi connectivity index (χ1) is 19.5. The summed E-state index contributed by atoms with van der Waals surface area (Å²) in [6, 6.07) is 18.8. The number of aryl methyl sites for hydroxylation is 1. The first-order valence-electron chi connectivity index (χ1n) is 13.8. The van der Waals surface area contributed by atoms with Gasteiger partial charge in [0, 0.05) is 44.4 Å². The molecule has 1 amide bonds. The zero-order valence-corrected chi connectivity index (χ0v) is 22.6. The van der Waals surface area contributed by atoms with Crippen LogP contribution in [0.2, 0.25) is 0 Å². The molecule has 6 rings (SSSR count). The molecule has 8 heteroatoms. The van der Waals surface area contributed by atoms with Crippen LogP contribution in [0.5, 0.6) is 11.5 Å². The number of hydrogen-bond acceptors (Lipinski definition) is 7. The Morgan fingerprint density at radius 3 is 2.20 bits per heavy atom. The summed E-state index contributed by atoms with van der Waals surface area (Å²) in [5, 5.41) is 25.9. The van der Waals surface area contributed by atoms with E-state index in [0.717, 1.165) is 67.9 Å². The Morgan fingerprint density at radius 1 is 0.850 bits per heavy atom. The topological polar surface area (TPSA) is 99.3 Å². The van der Waals surface area contributed by atoms with Gasteiger partial charge in [-0.1, -0.05) is 59.3 Å². The van der Waals surface area contributed by atoms with Gasteiger partial charge in [0.2, 0.25) is 0 Å². The molecule has 0 saturated carbocycles. The number of rotatable bonds is 6. The van der Waals surface area contributed by atoms with Crippen LogP contribution in [0.1, 0.15) is 34.5 Å². The maximum Gasteiger partial charge on any atom is 0.276 e. The predicted molar refractivity (Wildman–Crippen MR) is 152 cm³/mol. The third-order valence-corrected chi connectivity index (χ3v) is 7.76. The van der Waals surface area contributed by atoms with Crippen molar-refractivity contribution in [2.24, 2.45) is 0 Å². The van der Waals surface area contributed by atoms with E-state index in [2.05, 4.69) is 22.2 Å². The van der Waals surface area contributed by atoms with Crippen molar-refractivity contribution in [1.82, 2.24) is 15.0 Å². The van der Waals surface area contributed by atoms with Gasteiger partial charge < -0.3 is 24.4 Å². The first kappa shape index (κ1) is 26.1. The Labute approximate surface area is 233 Å². The Hall–Kier alpha value is -4.14. The first-order valence-corrected chi connectivity index (χ1v) is 13.8. The molecule has 0 atom stereocenters. The van der Waals surface area contributed by atoms with Crippen LogP contribution in [-0.2, 0) is 11.3 Å². The molecule has 206 valence electrons. The minimum absolute atomic E-state index is 0.0491. The number of morpholine rings is 1. The van der Waals surface area contributed by atoms with Crippen LogP contribution in [0.4, 0.5) is 0 Å². The van der Waals surface area contributed by atoms with Crippen LogP contribution in [-0.4, -0.2) is 70.5 Å². The molecule has 2 N–H and O–H groups in total. The van der Waals surface area contributed by atoms with Crippen molar-refractivity contribution < 1.29 is 24.3 Å². The number of hydrogen-bond donors (Lipinski definition) is 2. The Bertz CT molecular complexity index is 1500. The highest BCUT2D eigenvalue weighted by atomic mass is 16.5. The van der Waals surface area contributed by atoms with Gasteiger partial charge in [0.05, 0.1) is 24.3 Å². The number of aromatic hydroxyl groups is 2. The maximum absolute atomic E-state index is 13.6. The molecule has 0 radical (unpaired) electrons. The second-order valence-electron chi connectivity index (χ2n) is 10.6. The van der Waals surface area contributed by atoms with Crippen molar-refractivity contribution in [3.8, 4) is 45.1 Å². The number of ether oxygens (including phenoxy) is 1. The van der Waals surface area contributed by atoms with Gasteiger partial charge in [-0.05, 0) is 42.5 Å². The molecular weight excluding hydrogens is 506 g/mol. The SMILES string of the molecule is Cc1ccc(-c2cc(-c3onc(C(=O)N4CCCC4)c3-c3ccc(CN4CCOCC4)cc3)c(O)cc2O)cc1. The molecular formula is C32H33N3O5. The maximum atomic E-state index is 13.6. The van der Waals surface area contributed by atoms with Crippen LogP contribution >= 0.6 is 0 Å². The summed E-state index contributed by atoms with van der Waals surface area (Å²) in [7, 11) is 0. The lowest BCUT2D eigenvalue weighted by Gasteiger charge is -2.26. The van der Waals surface area contributed by atoms with Crippen LogP contribution in [0.15, 0.2) is 65.2 Å². The van der Waals surface area contributed by atoms with E-state index in [1.54, 1.807) is 11.0 Å². The molecule has 0 aliphatic carbocycles. The van der Waals surface area contributed by atoms with Crippen LogP contribution < -0.4 is 0 Å². The monoisotopic (exact) mass is 539 g/mol. The number of carbonyl (C=O) groups excluding carboxylic acids is 1. The third-order valence-electron chi connectivity index (χ3n) is 7.76.